The Labute approximate surface area is 115 Å². The van der Waals surface area contributed by atoms with Crippen LogP contribution in [0.15, 0.2) is 24.3 Å². The molecule has 1 saturated heterocycles. The van der Waals surface area contributed by atoms with Gasteiger partial charge in [-0.3, -0.25) is 4.72 Å². The molecule has 0 aromatic heterocycles. The number of rotatable bonds is 3. The molecule has 0 saturated carbocycles. The maximum Gasteiger partial charge on any atom is 0.235 e. The van der Waals surface area contributed by atoms with Crippen molar-refractivity contribution >= 4 is 38.3 Å². The maximum atomic E-state index is 12.1. The first-order valence-corrected chi connectivity index (χ1v) is 8.06. The molecular formula is C11H14INO3S. The highest BCUT2D eigenvalue weighted by atomic mass is 127. The van der Waals surface area contributed by atoms with Gasteiger partial charge in [-0.25, -0.2) is 8.42 Å². The molecule has 1 heterocycles. The van der Waals surface area contributed by atoms with Crippen molar-refractivity contribution in [2.24, 2.45) is 0 Å². The number of nitrogens with one attached hydrogen (secondary N) is 1. The molecule has 1 N–H and O–H groups in total. The van der Waals surface area contributed by atoms with Crippen LogP contribution in [0.1, 0.15) is 12.8 Å². The van der Waals surface area contributed by atoms with Crippen molar-refractivity contribution in [3.8, 4) is 0 Å². The highest BCUT2D eigenvalue weighted by Gasteiger charge is 2.27. The number of para-hydroxylation sites is 1. The molecule has 1 aliphatic rings. The molecular weight excluding hydrogens is 353 g/mol. The van der Waals surface area contributed by atoms with Crippen LogP contribution in [0.4, 0.5) is 5.69 Å². The van der Waals surface area contributed by atoms with E-state index in [9.17, 15) is 8.42 Å². The first kappa shape index (κ1) is 13.1. The lowest BCUT2D eigenvalue weighted by atomic mass is 10.2. The molecule has 0 unspecified atom stereocenters. The van der Waals surface area contributed by atoms with Crippen molar-refractivity contribution in [3.63, 3.8) is 0 Å². The average molecular weight is 367 g/mol. The third kappa shape index (κ3) is 3.32. The molecule has 0 aliphatic carbocycles. The summed E-state index contributed by atoms with van der Waals surface area (Å²) in [6.45, 7) is 1.05. The third-order valence-electron chi connectivity index (χ3n) is 2.73. The van der Waals surface area contributed by atoms with Crippen LogP contribution in [0.2, 0.25) is 0 Å². The molecule has 1 aromatic carbocycles. The van der Waals surface area contributed by atoms with Crippen molar-refractivity contribution < 1.29 is 13.2 Å². The summed E-state index contributed by atoms with van der Waals surface area (Å²) in [6.07, 6.45) is 1.14. The van der Waals surface area contributed by atoms with Gasteiger partial charge in [0.05, 0.1) is 10.9 Å². The Balaban J connectivity index is 2.14. The van der Waals surface area contributed by atoms with Gasteiger partial charge in [-0.05, 0) is 47.6 Å². The second-order valence-electron chi connectivity index (χ2n) is 3.94. The minimum atomic E-state index is -3.29. The summed E-state index contributed by atoms with van der Waals surface area (Å²) < 4.78 is 33.0. The lowest BCUT2D eigenvalue weighted by Crippen LogP contribution is -2.33. The second-order valence-corrected chi connectivity index (χ2v) is 7.06. The van der Waals surface area contributed by atoms with Crippen molar-refractivity contribution in [3.05, 3.63) is 27.8 Å². The van der Waals surface area contributed by atoms with Crippen LogP contribution in [-0.2, 0) is 14.8 Å². The van der Waals surface area contributed by atoms with E-state index in [-0.39, 0.29) is 5.25 Å². The Morgan fingerprint density at radius 2 is 1.88 bits per heavy atom. The topological polar surface area (TPSA) is 55.4 Å². The van der Waals surface area contributed by atoms with Crippen molar-refractivity contribution in [2.75, 3.05) is 17.9 Å². The Kier molecular flexibility index (Phi) is 4.26. The first-order chi connectivity index (χ1) is 8.09. The van der Waals surface area contributed by atoms with Gasteiger partial charge < -0.3 is 4.74 Å². The van der Waals surface area contributed by atoms with Crippen LogP contribution in [0.5, 0.6) is 0 Å². The number of halogens is 1. The first-order valence-electron chi connectivity index (χ1n) is 5.43. The largest absolute Gasteiger partial charge is 0.381 e. The van der Waals surface area contributed by atoms with Gasteiger partial charge in [0.2, 0.25) is 10.0 Å². The van der Waals surface area contributed by atoms with Crippen molar-refractivity contribution in [1.82, 2.24) is 0 Å². The number of sulfonamides is 1. The monoisotopic (exact) mass is 367 g/mol. The molecule has 1 fully saturated rings. The van der Waals surface area contributed by atoms with E-state index in [0.717, 1.165) is 3.57 Å². The standard InChI is InChI=1S/C11H14INO3S/c12-10-3-1-2-4-11(10)13-17(14,15)9-5-7-16-8-6-9/h1-4,9,13H,5-8H2. The van der Waals surface area contributed by atoms with Crippen LogP contribution in [0.3, 0.4) is 0 Å². The quantitative estimate of drug-likeness (QED) is 0.834. The fraction of sp³-hybridized carbons (Fsp3) is 0.455. The van der Waals surface area contributed by atoms with Gasteiger partial charge in [-0.2, -0.15) is 0 Å². The number of anilines is 1. The molecule has 0 bridgehead atoms. The lowest BCUT2D eigenvalue weighted by Gasteiger charge is -2.23. The summed E-state index contributed by atoms with van der Waals surface area (Å²) in [5.74, 6) is 0. The zero-order valence-electron chi connectivity index (χ0n) is 9.23. The van der Waals surface area contributed by atoms with Gasteiger partial charge in [0.1, 0.15) is 0 Å². The van der Waals surface area contributed by atoms with Crippen LogP contribution < -0.4 is 4.72 Å². The summed E-state index contributed by atoms with van der Waals surface area (Å²) in [4.78, 5) is 0. The van der Waals surface area contributed by atoms with E-state index < -0.39 is 10.0 Å². The Morgan fingerprint density at radius 1 is 1.24 bits per heavy atom. The smallest absolute Gasteiger partial charge is 0.235 e. The predicted molar refractivity (Wildman–Crippen MR) is 75.5 cm³/mol. The van der Waals surface area contributed by atoms with Gasteiger partial charge in [-0.1, -0.05) is 12.1 Å². The highest BCUT2D eigenvalue weighted by molar-refractivity contribution is 14.1. The number of ether oxygens (including phenoxy) is 1. The van der Waals surface area contributed by atoms with E-state index in [1.807, 2.05) is 18.2 Å². The fourth-order valence-electron chi connectivity index (χ4n) is 1.77. The molecule has 94 valence electrons. The van der Waals surface area contributed by atoms with E-state index in [0.29, 0.717) is 31.7 Å². The van der Waals surface area contributed by atoms with Crippen LogP contribution >= 0.6 is 22.6 Å². The van der Waals surface area contributed by atoms with Crippen LogP contribution in [-0.4, -0.2) is 26.9 Å². The Hall–Kier alpha value is -0.340. The number of hydrogen-bond acceptors (Lipinski definition) is 3. The van der Waals surface area contributed by atoms with Gasteiger partial charge in [-0.15, -0.1) is 0 Å². The lowest BCUT2D eigenvalue weighted by molar-refractivity contribution is 0.0984. The summed E-state index contributed by atoms with van der Waals surface area (Å²) >= 11 is 2.12. The van der Waals surface area contributed by atoms with E-state index in [4.69, 9.17) is 4.74 Å². The van der Waals surface area contributed by atoms with E-state index in [2.05, 4.69) is 27.3 Å². The highest BCUT2D eigenvalue weighted by Crippen LogP contribution is 2.22. The molecule has 2 rings (SSSR count). The van der Waals surface area contributed by atoms with E-state index in [1.54, 1.807) is 6.07 Å². The van der Waals surface area contributed by atoms with Gasteiger partial charge in [0, 0.05) is 16.8 Å². The molecule has 1 aliphatic heterocycles. The van der Waals surface area contributed by atoms with Gasteiger partial charge >= 0.3 is 0 Å². The molecule has 0 radical (unpaired) electrons. The van der Waals surface area contributed by atoms with Crippen LogP contribution in [0.25, 0.3) is 0 Å². The summed E-state index contributed by atoms with van der Waals surface area (Å²) in [6, 6.07) is 7.36. The SMILES string of the molecule is O=S(=O)(Nc1ccccc1I)C1CCOCC1. The third-order valence-corrected chi connectivity index (χ3v) is 5.53. The molecule has 0 amide bonds. The molecule has 6 heteroatoms. The molecule has 0 atom stereocenters. The fourth-order valence-corrected chi connectivity index (χ4v) is 3.94. The Morgan fingerprint density at radius 3 is 2.53 bits per heavy atom. The predicted octanol–water partition coefficient (Wildman–Crippen LogP) is 2.21. The normalized spacial score (nSPS) is 17.9. The average Bonchev–Trinajstić information content (AvgIpc) is 2.33. The molecule has 17 heavy (non-hydrogen) atoms. The minimum Gasteiger partial charge on any atom is -0.381 e. The molecule has 1 aromatic rings. The maximum absolute atomic E-state index is 12.1. The van der Waals surface area contributed by atoms with Crippen molar-refractivity contribution in [1.29, 1.82) is 0 Å². The Bertz CT molecular complexity index is 483. The van der Waals surface area contributed by atoms with E-state index in [1.165, 1.54) is 0 Å². The van der Waals surface area contributed by atoms with E-state index >= 15 is 0 Å². The van der Waals surface area contributed by atoms with Crippen LogP contribution in [0, 0.1) is 3.57 Å². The van der Waals surface area contributed by atoms with Crippen molar-refractivity contribution in [2.45, 2.75) is 18.1 Å². The summed E-state index contributed by atoms with van der Waals surface area (Å²) in [7, 11) is -3.29. The summed E-state index contributed by atoms with van der Waals surface area (Å²) in [5, 5.41) is -0.341. The number of hydrogen-bond donors (Lipinski definition) is 1. The zero-order chi connectivity index (χ0) is 12.3. The van der Waals surface area contributed by atoms with Gasteiger partial charge in [0.15, 0.2) is 0 Å². The molecule has 4 nitrogen and oxygen atoms in total. The second kappa shape index (κ2) is 5.53. The minimum absolute atomic E-state index is 0.341. The zero-order valence-corrected chi connectivity index (χ0v) is 12.2. The van der Waals surface area contributed by atoms with Gasteiger partial charge in [0.25, 0.3) is 0 Å². The summed E-state index contributed by atoms with van der Waals surface area (Å²) in [5.41, 5.74) is 0.652. The number of benzene rings is 1. The molecule has 0 spiro atoms.